The number of hydrogen-bond donors (Lipinski definition) is 1. The Bertz CT molecular complexity index is 446. The van der Waals surface area contributed by atoms with Gasteiger partial charge in [0.1, 0.15) is 0 Å². The molecule has 0 aliphatic rings. The van der Waals surface area contributed by atoms with Gasteiger partial charge in [0.15, 0.2) is 0 Å². The Hall–Kier alpha value is -0.680. The highest BCUT2D eigenvalue weighted by Gasteiger charge is 1.99. The van der Waals surface area contributed by atoms with Crippen LogP contribution in [-0.4, -0.2) is 12.1 Å². The van der Waals surface area contributed by atoms with Crippen molar-refractivity contribution in [3.05, 3.63) is 20.8 Å². The van der Waals surface area contributed by atoms with Gasteiger partial charge in [0.2, 0.25) is 5.91 Å². The number of carbonyl (C=O) groups excluding carboxylic acids is 1. The fraction of sp³-hybridized carbons (Fsp3) is 0.647. The molecule has 0 aliphatic carbocycles. The van der Waals surface area contributed by atoms with Gasteiger partial charge in [-0.2, -0.15) is 5.10 Å². The summed E-state index contributed by atoms with van der Waals surface area (Å²) in [6.45, 7) is 2.24. The van der Waals surface area contributed by atoms with Crippen molar-refractivity contribution in [3.8, 4) is 0 Å². The summed E-state index contributed by atoms with van der Waals surface area (Å²) in [5.74, 6) is 0.00909. The average Bonchev–Trinajstić information content (AvgIpc) is 2.91. The quantitative estimate of drug-likeness (QED) is 0.272. The zero-order valence-corrected chi connectivity index (χ0v) is 15.8. The van der Waals surface area contributed by atoms with Gasteiger partial charge in [-0.1, -0.05) is 58.3 Å². The van der Waals surface area contributed by atoms with E-state index < -0.39 is 0 Å². The fourth-order valence-corrected chi connectivity index (χ4v) is 3.51. The van der Waals surface area contributed by atoms with Crippen LogP contribution in [0.15, 0.2) is 21.0 Å². The Kier molecular flexibility index (Phi) is 11.3. The van der Waals surface area contributed by atoms with Crippen LogP contribution in [0.1, 0.15) is 76.0 Å². The second kappa shape index (κ2) is 12.8. The number of hydrazone groups is 1. The van der Waals surface area contributed by atoms with Gasteiger partial charge in [0, 0.05) is 11.3 Å². The van der Waals surface area contributed by atoms with E-state index >= 15 is 0 Å². The number of carbonyl (C=O) groups is 1. The third kappa shape index (κ3) is 10.1. The number of unbranched alkanes of at least 4 members (excludes halogenated alkanes) is 8. The fourth-order valence-electron chi connectivity index (χ4n) is 2.22. The van der Waals surface area contributed by atoms with Crippen molar-refractivity contribution in [3.63, 3.8) is 0 Å². The molecule has 1 aromatic heterocycles. The van der Waals surface area contributed by atoms with Crippen molar-refractivity contribution < 1.29 is 4.79 Å². The second-order valence-electron chi connectivity index (χ2n) is 5.51. The van der Waals surface area contributed by atoms with Gasteiger partial charge < -0.3 is 0 Å². The minimum absolute atomic E-state index is 0.00909. The SMILES string of the molecule is CCCCCCCCCCCC(=O)N/N=C/c1ccc(Br)s1. The Labute approximate surface area is 146 Å². The molecule has 3 nitrogen and oxygen atoms in total. The predicted octanol–water partition coefficient (Wildman–Crippen LogP) is 5.88. The van der Waals surface area contributed by atoms with Crippen molar-refractivity contribution in [2.75, 3.05) is 0 Å². The molecule has 0 unspecified atom stereocenters. The number of hydrogen-bond acceptors (Lipinski definition) is 3. The number of halogens is 1. The smallest absolute Gasteiger partial charge is 0.240 e. The third-order valence-corrected chi connectivity index (χ3v) is 5.04. The first-order valence-corrected chi connectivity index (χ1v) is 9.90. The zero-order valence-electron chi connectivity index (χ0n) is 13.4. The highest BCUT2D eigenvalue weighted by Crippen LogP contribution is 2.20. The van der Waals surface area contributed by atoms with Crippen molar-refractivity contribution in [1.29, 1.82) is 0 Å². The summed E-state index contributed by atoms with van der Waals surface area (Å²) in [7, 11) is 0. The second-order valence-corrected chi connectivity index (χ2v) is 8.01. The summed E-state index contributed by atoms with van der Waals surface area (Å²) in [6, 6.07) is 3.93. The minimum Gasteiger partial charge on any atom is -0.273 e. The van der Waals surface area contributed by atoms with Crippen LogP contribution in [-0.2, 0) is 4.79 Å². The maximum atomic E-state index is 11.6. The molecule has 0 aromatic carbocycles. The van der Waals surface area contributed by atoms with E-state index in [1.807, 2.05) is 12.1 Å². The van der Waals surface area contributed by atoms with Crippen LogP contribution in [0, 0.1) is 0 Å². The lowest BCUT2D eigenvalue weighted by Gasteiger charge is -2.02. The van der Waals surface area contributed by atoms with Crippen molar-refractivity contribution in [1.82, 2.24) is 5.43 Å². The lowest BCUT2D eigenvalue weighted by atomic mass is 10.1. The molecule has 0 fully saturated rings. The maximum Gasteiger partial charge on any atom is 0.240 e. The third-order valence-electron chi connectivity index (χ3n) is 3.48. The largest absolute Gasteiger partial charge is 0.273 e. The number of nitrogens with zero attached hydrogens (tertiary/aromatic N) is 1. The topological polar surface area (TPSA) is 41.5 Å². The minimum atomic E-state index is 0.00909. The van der Waals surface area contributed by atoms with Crippen LogP contribution >= 0.6 is 27.3 Å². The Morgan fingerprint density at radius 3 is 2.36 bits per heavy atom. The molecule has 5 heteroatoms. The monoisotopic (exact) mass is 386 g/mol. The first kappa shape index (κ1) is 19.4. The van der Waals surface area contributed by atoms with Gasteiger partial charge in [-0.3, -0.25) is 4.79 Å². The molecule has 0 aliphatic heterocycles. The Morgan fingerprint density at radius 1 is 1.14 bits per heavy atom. The molecule has 0 atom stereocenters. The summed E-state index contributed by atoms with van der Waals surface area (Å²) in [5.41, 5.74) is 2.59. The summed E-state index contributed by atoms with van der Waals surface area (Å²) in [6.07, 6.45) is 13.6. The lowest BCUT2D eigenvalue weighted by Crippen LogP contribution is -2.16. The van der Waals surface area contributed by atoms with E-state index in [4.69, 9.17) is 0 Å². The van der Waals surface area contributed by atoms with E-state index in [2.05, 4.69) is 33.4 Å². The summed E-state index contributed by atoms with van der Waals surface area (Å²) in [5, 5.41) is 3.98. The first-order chi connectivity index (χ1) is 10.7. The molecule has 0 bridgehead atoms. The van der Waals surface area contributed by atoms with E-state index in [0.29, 0.717) is 6.42 Å². The maximum absolute atomic E-state index is 11.6. The number of amides is 1. The first-order valence-electron chi connectivity index (χ1n) is 8.29. The molecular weight excluding hydrogens is 360 g/mol. The summed E-state index contributed by atoms with van der Waals surface area (Å²) >= 11 is 4.98. The molecule has 1 amide bonds. The normalized spacial score (nSPS) is 11.2. The molecule has 0 saturated heterocycles. The van der Waals surface area contributed by atoms with Crippen molar-refractivity contribution in [2.45, 2.75) is 71.1 Å². The predicted molar refractivity (Wildman–Crippen MR) is 99.6 cm³/mol. The Balaban J connectivity index is 1.94. The molecule has 124 valence electrons. The van der Waals surface area contributed by atoms with Gasteiger partial charge in [-0.15, -0.1) is 11.3 Å². The van der Waals surface area contributed by atoms with Crippen molar-refractivity contribution in [2.24, 2.45) is 5.10 Å². The van der Waals surface area contributed by atoms with Crippen LogP contribution in [0.4, 0.5) is 0 Å². The van der Waals surface area contributed by atoms with E-state index in [1.165, 1.54) is 44.9 Å². The molecule has 0 spiro atoms. The molecule has 0 radical (unpaired) electrons. The zero-order chi connectivity index (χ0) is 16.0. The highest BCUT2D eigenvalue weighted by molar-refractivity contribution is 9.11. The van der Waals surface area contributed by atoms with Gasteiger partial charge >= 0.3 is 0 Å². The number of nitrogens with one attached hydrogen (secondary N) is 1. The van der Waals surface area contributed by atoms with Gasteiger partial charge in [-0.25, -0.2) is 5.43 Å². The lowest BCUT2D eigenvalue weighted by molar-refractivity contribution is -0.121. The average molecular weight is 387 g/mol. The van der Waals surface area contributed by atoms with Crippen LogP contribution in [0.25, 0.3) is 0 Å². The van der Waals surface area contributed by atoms with E-state index in [-0.39, 0.29) is 5.91 Å². The molecule has 0 saturated carbocycles. The number of thiophene rings is 1. The molecule has 1 aromatic rings. The van der Waals surface area contributed by atoms with E-state index in [0.717, 1.165) is 21.5 Å². The molecule has 1 rings (SSSR count). The van der Waals surface area contributed by atoms with Crippen LogP contribution in [0.3, 0.4) is 0 Å². The highest BCUT2D eigenvalue weighted by atomic mass is 79.9. The van der Waals surface area contributed by atoms with E-state index in [1.54, 1.807) is 17.6 Å². The standard InChI is InChI=1S/C17H27BrN2OS/c1-2-3-4-5-6-7-8-9-10-11-17(21)20-19-14-15-12-13-16(18)22-15/h12-14H,2-11H2,1H3,(H,20,21)/b19-14+. The molecular formula is C17H27BrN2OS. The molecule has 1 N–H and O–H groups in total. The molecule has 1 heterocycles. The van der Waals surface area contributed by atoms with Crippen molar-refractivity contribution >= 4 is 39.4 Å². The van der Waals surface area contributed by atoms with Gasteiger partial charge in [-0.05, 0) is 34.5 Å². The molecule has 22 heavy (non-hydrogen) atoms. The van der Waals surface area contributed by atoms with Crippen LogP contribution < -0.4 is 5.43 Å². The van der Waals surface area contributed by atoms with Gasteiger partial charge in [0.25, 0.3) is 0 Å². The summed E-state index contributed by atoms with van der Waals surface area (Å²) < 4.78 is 1.06. The van der Waals surface area contributed by atoms with Crippen LogP contribution in [0.2, 0.25) is 0 Å². The Morgan fingerprint density at radius 2 is 1.77 bits per heavy atom. The van der Waals surface area contributed by atoms with E-state index in [9.17, 15) is 4.79 Å². The number of rotatable bonds is 12. The summed E-state index contributed by atoms with van der Waals surface area (Å²) in [4.78, 5) is 12.6. The van der Waals surface area contributed by atoms with Crippen LogP contribution in [0.5, 0.6) is 0 Å². The van der Waals surface area contributed by atoms with Gasteiger partial charge in [0.05, 0.1) is 10.0 Å².